The molecule has 3 rings (SSSR count). The Hall–Kier alpha value is -3.06. The first kappa shape index (κ1) is 23.6. The van der Waals surface area contributed by atoms with Crippen molar-refractivity contribution >= 4 is 0 Å². The highest BCUT2D eigenvalue weighted by molar-refractivity contribution is 5.29. The molecule has 0 heterocycles. The monoisotopic (exact) mass is 437 g/mol. The van der Waals surface area contributed by atoms with E-state index in [0.717, 1.165) is 18.4 Å². The lowest BCUT2D eigenvalue weighted by molar-refractivity contribution is 0.0460. The van der Waals surface area contributed by atoms with E-state index in [0.29, 0.717) is 24.2 Å². The number of phenolic OH excluding ortho intramolecular Hbond substituents is 3. The first-order valence-electron chi connectivity index (χ1n) is 10.8. The van der Waals surface area contributed by atoms with Crippen LogP contribution in [0.3, 0.4) is 0 Å². The van der Waals surface area contributed by atoms with Crippen LogP contribution in [0, 0.1) is 0 Å². The van der Waals surface area contributed by atoms with Gasteiger partial charge in [-0.25, -0.2) is 0 Å². The molecule has 0 bridgehead atoms. The Morgan fingerprint density at radius 2 is 1.00 bits per heavy atom. The lowest BCUT2D eigenvalue weighted by Crippen LogP contribution is -2.39. The van der Waals surface area contributed by atoms with Gasteiger partial charge in [0.15, 0.2) is 0 Å². The Labute approximate surface area is 188 Å². The normalized spacial score (nSPS) is 14.2. The van der Waals surface area contributed by atoms with Gasteiger partial charge in [-0.15, -0.1) is 0 Å². The molecule has 5 N–H and O–H groups in total. The summed E-state index contributed by atoms with van der Waals surface area (Å²) in [6, 6.07) is 20.1. The van der Waals surface area contributed by atoms with Gasteiger partial charge >= 0.3 is 0 Å². The summed E-state index contributed by atoms with van der Waals surface area (Å²) in [5, 5.41) is 50.1. The first-order valence-corrected chi connectivity index (χ1v) is 10.8. The van der Waals surface area contributed by atoms with Crippen molar-refractivity contribution < 1.29 is 25.5 Å². The van der Waals surface area contributed by atoms with Gasteiger partial charge in [-0.2, -0.15) is 0 Å². The molecule has 0 saturated heterocycles. The zero-order valence-corrected chi connectivity index (χ0v) is 18.2. The number of aromatic hydroxyl groups is 3. The van der Waals surface area contributed by atoms with Crippen molar-refractivity contribution in [3.63, 3.8) is 0 Å². The SMILES string of the molecule is CC(CCc1ccc(O)cc1)N(CC(O)c1ccc(O)cc1)CC(O)c1ccc(O)cc1. The number of nitrogens with zero attached hydrogens (tertiary/aromatic N) is 1. The van der Waals surface area contributed by atoms with Crippen LogP contribution in [0.2, 0.25) is 0 Å². The van der Waals surface area contributed by atoms with Gasteiger partial charge in [-0.1, -0.05) is 36.4 Å². The van der Waals surface area contributed by atoms with Crippen LogP contribution in [-0.2, 0) is 6.42 Å². The molecule has 0 fully saturated rings. The number of aliphatic hydroxyl groups is 2. The Kier molecular flexibility index (Phi) is 8.11. The molecule has 0 aliphatic carbocycles. The standard InChI is InChI=1S/C26H31NO5/c1-18(2-3-19-4-10-22(28)11-5-19)27(16-25(31)20-6-12-23(29)13-7-20)17-26(32)21-8-14-24(30)15-9-21/h4-15,18,25-26,28-32H,2-3,16-17H2,1H3. The summed E-state index contributed by atoms with van der Waals surface area (Å²) in [7, 11) is 0. The predicted octanol–water partition coefficient (Wildman–Crippen LogP) is 3.89. The summed E-state index contributed by atoms with van der Waals surface area (Å²) in [5.41, 5.74) is 2.49. The fourth-order valence-corrected chi connectivity index (χ4v) is 3.70. The highest BCUT2D eigenvalue weighted by Gasteiger charge is 2.22. The van der Waals surface area contributed by atoms with E-state index in [1.54, 1.807) is 60.7 Å². The smallest absolute Gasteiger partial charge is 0.115 e. The molecule has 3 aromatic carbocycles. The third-order valence-corrected chi connectivity index (χ3v) is 5.78. The van der Waals surface area contributed by atoms with Gasteiger partial charge in [-0.3, -0.25) is 4.90 Å². The molecule has 3 unspecified atom stereocenters. The van der Waals surface area contributed by atoms with Crippen molar-refractivity contribution in [2.45, 2.75) is 38.0 Å². The molecule has 3 atom stereocenters. The molecular formula is C26H31NO5. The molecule has 3 aromatic rings. The van der Waals surface area contributed by atoms with E-state index in [4.69, 9.17) is 0 Å². The number of aliphatic hydroxyl groups excluding tert-OH is 2. The van der Waals surface area contributed by atoms with E-state index < -0.39 is 12.2 Å². The predicted molar refractivity (Wildman–Crippen MR) is 124 cm³/mol. The van der Waals surface area contributed by atoms with Gasteiger partial charge < -0.3 is 25.5 Å². The van der Waals surface area contributed by atoms with Gasteiger partial charge in [0, 0.05) is 19.1 Å². The second-order valence-corrected chi connectivity index (χ2v) is 8.22. The maximum absolute atomic E-state index is 10.8. The van der Waals surface area contributed by atoms with Gasteiger partial charge in [0.05, 0.1) is 12.2 Å². The summed E-state index contributed by atoms with van der Waals surface area (Å²) in [6.07, 6.45) is 0.0373. The number of hydrogen-bond donors (Lipinski definition) is 5. The summed E-state index contributed by atoms with van der Waals surface area (Å²) >= 11 is 0. The average Bonchev–Trinajstić information content (AvgIpc) is 2.78. The quantitative estimate of drug-likeness (QED) is 0.330. The van der Waals surface area contributed by atoms with Gasteiger partial charge in [-0.05, 0) is 72.9 Å². The Morgan fingerprint density at radius 1 is 0.625 bits per heavy atom. The maximum Gasteiger partial charge on any atom is 0.115 e. The number of phenols is 3. The van der Waals surface area contributed by atoms with Gasteiger partial charge in [0.2, 0.25) is 0 Å². The molecule has 6 heteroatoms. The fraction of sp³-hybridized carbons (Fsp3) is 0.308. The zero-order chi connectivity index (χ0) is 23.1. The second-order valence-electron chi connectivity index (χ2n) is 8.22. The van der Waals surface area contributed by atoms with Crippen LogP contribution in [0.25, 0.3) is 0 Å². The molecule has 0 spiro atoms. The van der Waals surface area contributed by atoms with Crippen molar-refractivity contribution in [3.8, 4) is 17.2 Å². The van der Waals surface area contributed by atoms with Crippen LogP contribution in [-0.4, -0.2) is 49.6 Å². The van der Waals surface area contributed by atoms with Crippen molar-refractivity contribution in [1.82, 2.24) is 4.90 Å². The van der Waals surface area contributed by atoms with E-state index in [1.165, 1.54) is 0 Å². The highest BCUT2D eigenvalue weighted by Crippen LogP contribution is 2.24. The van der Waals surface area contributed by atoms with E-state index in [2.05, 4.69) is 11.8 Å². The lowest BCUT2D eigenvalue weighted by Gasteiger charge is -2.33. The summed E-state index contributed by atoms with van der Waals surface area (Å²) in [4.78, 5) is 2.05. The van der Waals surface area contributed by atoms with Crippen LogP contribution >= 0.6 is 0 Å². The Balaban J connectivity index is 1.71. The second kappa shape index (κ2) is 11.0. The van der Waals surface area contributed by atoms with Crippen molar-refractivity contribution in [2.24, 2.45) is 0 Å². The van der Waals surface area contributed by atoms with Crippen LogP contribution in [0.1, 0.15) is 42.2 Å². The number of aryl methyl sites for hydroxylation is 1. The third-order valence-electron chi connectivity index (χ3n) is 5.78. The molecule has 0 aromatic heterocycles. The molecule has 0 aliphatic heterocycles. The molecule has 170 valence electrons. The molecular weight excluding hydrogens is 406 g/mol. The molecule has 0 saturated carbocycles. The third kappa shape index (κ3) is 6.72. The average molecular weight is 438 g/mol. The molecule has 0 amide bonds. The minimum Gasteiger partial charge on any atom is -0.508 e. The first-order chi connectivity index (χ1) is 15.3. The van der Waals surface area contributed by atoms with Crippen LogP contribution in [0.5, 0.6) is 17.2 Å². The number of rotatable bonds is 10. The Bertz CT molecular complexity index is 904. The van der Waals surface area contributed by atoms with E-state index in [1.807, 2.05) is 12.1 Å². The zero-order valence-electron chi connectivity index (χ0n) is 18.2. The summed E-state index contributed by atoms with van der Waals surface area (Å²) < 4.78 is 0. The van der Waals surface area contributed by atoms with Crippen LogP contribution < -0.4 is 0 Å². The van der Waals surface area contributed by atoms with Crippen LogP contribution in [0.4, 0.5) is 0 Å². The lowest BCUT2D eigenvalue weighted by atomic mass is 10.0. The number of hydrogen-bond acceptors (Lipinski definition) is 6. The van der Waals surface area contributed by atoms with E-state index in [-0.39, 0.29) is 23.3 Å². The van der Waals surface area contributed by atoms with Crippen molar-refractivity contribution in [3.05, 3.63) is 89.5 Å². The van der Waals surface area contributed by atoms with Crippen molar-refractivity contribution in [2.75, 3.05) is 13.1 Å². The minimum absolute atomic E-state index is 0.0577. The molecule has 6 nitrogen and oxygen atoms in total. The largest absolute Gasteiger partial charge is 0.508 e. The maximum atomic E-state index is 10.8. The molecule has 32 heavy (non-hydrogen) atoms. The topological polar surface area (TPSA) is 104 Å². The minimum atomic E-state index is -0.779. The number of benzene rings is 3. The van der Waals surface area contributed by atoms with Gasteiger partial charge in [0.1, 0.15) is 17.2 Å². The highest BCUT2D eigenvalue weighted by atomic mass is 16.3. The fourth-order valence-electron chi connectivity index (χ4n) is 3.70. The van der Waals surface area contributed by atoms with Crippen LogP contribution in [0.15, 0.2) is 72.8 Å². The summed E-state index contributed by atoms with van der Waals surface area (Å²) in [6.45, 7) is 2.70. The summed E-state index contributed by atoms with van der Waals surface area (Å²) in [5.74, 6) is 0.517. The van der Waals surface area contributed by atoms with Gasteiger partial charge in [0.25, 0.3) is 0 Å². The van der Waals surface area contributed by atoms with E-state index >= 15 is 0 Å². The van der Waals surface area contributed by atoms with Crippen molar-refractivity contribution in [1.29, 1.82) is 0 Å². The van der Waals surface area contributed by atoms with E-state index in [9.17, 15) is 25.5 Å². The molecule has 0 radical (unpaired) electrons. The molecule has 0 aliphatic rings. The Morgan fingerprint density at radius 3 is 1.41 bits per heavy atom.